The molecule has 0 aliphatic rings. The summed E-state index contributed by atoms with van der Waals surface area (Å²) in [6, 6.07) is 8.48. The van der Waals surface area contributed by atoms with Gasteiger partial charge in [-0.05, 0) is 30.3 Å². The van der Waals surface area contributed by atoms with E-state index in [1.54, 1.807) is 13.8 Å². The fraction of sp³-hybridized carbons (Fsp3) is 0.235. The average Bonchev–Trinajstić information content (AvgIpc) is 2.57. The Hall–Kier alpha value is -2.32. The first-order valence-electron chi connectivity index (χ1n) is 7.66. The number of rotatable bonds is 6. The standard InChI is InChI=1S/C17H18F2N2O3S/c1-3-21(4-2)25(23,24)12-9-10-16(15(19)11-12)20-17(22)13-7-5-6-8-14(13)18/h5-11H,3-4H2,1-2H3,(H,20,22). The molecule has 0 atom stereocenters. The SMILES string of the molecule is CCN(CC)S(=O)(=O)c1ccc(NC(=O)c2ccccc2F)c(F)c1. The topological polar surface area (TPSA) is 66.5 Å². The number of hydrogen-bond acceptors (Lipinski definition) is 3. The molecule has 0 unspecified atom stereocenters. The second-order valence-electron chi connectivity index (χ2n) is 5.16. The summed E-state index contributed by atoms with van der Waals surface area (Å²) in [5.41, 5.74) is -0.464. The van der Waals surface area contributed by atoms with Crippen LogP contribution in [0, 0.1) is 11.6 Å². The van der Waals surface area contributed by atoms with Gasteiger partial charge in [-0.1, -0.05) is 26.0 Å². The lowest BCUT2D eigenvalue weighted by Crippen LogP contribution is -2.30. The van der Waals surface area contributed by atoms with Crippen LogP contribution in [0.1, 0.15) is 24.2 Å². The first-order valence-corrected chi connectivity index (χ1v) is 9.10. The maximum Gasteiger partial charge on any atom is 0.258 e. The van der Waals surface area contributed by atoms with Gasteiger partial charge in [-0.15, -0.1) is 0 Å². The monoisotopic (exact) mass is 368 g/mol. The Bertz CT molecular complexity index is 881. The van der Waals surface area contributed by atoms with Crippen molar-refractivity contribution in [3.63, 3.8) is 0 Å². The van der Waals surface area contributed by atoms with E-state index in [2.05, 4.69) is 5.32 Å². The van der Waals surface area contributed by atoms with E-state index in [-0.39, 0.29) is 29.2 Å². The lowest BCUT2D eigenvalue weighted by molar-refractivity contribution is 0.102. The predicted octanol–water partition coefficient (Wildman–Crippen LogP) is 3.25. The molecule has 0 aromatic heterocycles. The van der Waals surface area contributed by atoms with Crippen molar-refractivity contribution in [2.45, 2.75) is 18.7 Å². The third-order valence-corrected chi connectivity index (χ3v) is 5.70. The highest BCUT2D eigenvalue weighted by Crippen LogP contribution is 2.22. The van der Waals surface area contributed by atoms with E-state index in [1.165, 1.54) is 28.6 Å². The quantitative estimate of drug-likeness (QED) is 0.851. The van der Waals surface area contributed by atoms with E-state index in [9.17, 15) is 22.0 Å². The average molecular weight is 368 g/mol. The largest absolute Gasteiger partial charge is 0.319 e. The molecule has 1 N–H and O–H groups in total. The lowest BCUT2D eigenvalue weighted by atomic mass is 10.2. The normalized spacial score (nSPS) is 11.6. The molecule has 0 radical (unpaired) electrons. The van der Waals surface area contributed by atoms with Gasteiger partial charge in [-0.25, -0.2) is 17.2 Å². The molecule has 0 bridgehead atoms. The number of nitrogens with one attached hydrogen (secondary N) is 1. The molecule has 25 heavy (non-hydrogen) atoms. The summed E-state index contributed by atoms with van der Waals surface area (Å²) in [5, 5.41) is 2.24. The van der Waals surface area contributed by atoms with Crippen LogP contribution >= 0.6 is 0 Å². The highest BCUT2D eigenvalue weighted by molar-refractivity contribution is 7.89. The lowest BCUT2D eigenvalue weighted by Gasteiger charge is -2.18. The van der Waals surface area contributed by atoms with Gasteiger partial charge in [0.25, 0.3) is 5.91 Å². The molecule has 0 aliphatic carbocycles. The molecule has 0 spiro atoms. The Labute approximate surface area is 145 Å². The van der Waals surface area contributed by atoms with Crippen LogP contribution in [0.4, 0.5) is 14.5 Å². The highest BCUT2D eigenvalue weighted by Gasteiger charge is 2.23. The van der Waals surface area contributed by atoms with E-state index in [0.29, 0.717) is 0 Å². The zero-order chi connectivity index (χ0) is 18.6. The zero-order valence-corrected chi connectivity index (χ0v) is 14.6. The van der Waals surface area contributed by atoms with Crippen molar-refractivity contribution in [3.05, 3.63) is 59.7 Å². The van der Waals surface area contributed by atoms with Crippen molar-refractivity contribution in [1.82, 2.24) is 4.31 Å². The number of hydrogen-bond donors (Lipinski definition) is 1. The van der Waals surface area contributed by atoms with Crippen molar-refractivity contribution in [1.29, 1.82) is 0 Å². The Morgan fingerprint density at radius 1 is 1.04 bits per heavy atom. The molecule has 0 saturated carbocycles. The van der Waals surface area contributed by atoms with Crippen LogP contribution in [-0.2, 0) is 10.0 Å². The number of benzene rings is 2. The molecule has 2 rings (SSSR count). The smallest absolute Gasteiger partial charge is 0.258 e. The van der Waals surface area contributed by atoms with Crippen LogP contribution in [0.3, 0.4) is 0 Å². The van der Waals surface area contributed by atoms with Crippen LogP contribution in [-0.4, -0.2) is 31.7 Å². The first-order chi connectivity index (χ1) is 11.8. The maximum absolute atomic E-state index is 14.2. The van der Waals surface area contributed by atoms with E-state index in [0.717, 1.165) is 18.2 Å². The number of anilines is 1. The molecular weight excluding hydrogens is 350 g/mol. The van der Waals surface area contributed by atoms with E-state index in [4.69, 9.17) is 0 Å². The predicted molar refractivity (Wildman–Crippen MR) is 90.9 cm³/mol. The molecule has 0 saturated heterocycles. The summed E-state index contributed by atoms with van der Waals surface area (Å²) in [4.78, 5) is 11.8. The highest BCUT2D eigenvalue weighted by atomic mass is 32.2. The first kappa shape index (κ1) is 19.0. The van der Waals surface area contributed by atoms with Crippen LogP contribution in [0.5, 0.6) is 0 Å². The number of carbonyl (C=O) groups is 1. The fourth-order valence-electron chi connectivity index (χ4n) is 2.31. The molecule has 0 aliphatic heterocycles. The van der Waals surface area contributed by atoms with Gasteiger partial charge in [-0.3, -0.25) is 4.79 Å². The molecule has 8 heteroatoms. The van der Waals surface area contributed by atoms with Crippen molar-refractivity contribution < 1.29 is 22.0 Å². The van der Waals surface area contributed by atoms with Gasteiger partial charge >= 0.3 is 0 Å². The molecule has 2 aromatic rings. The summed E-state index contributed by atoms with van der Waals surface area (Å²) >= 11 is 0. The third kappa shape index (κ3) is 4.02. The second kappa shape index (κ2) is 7.71. The Kier molecular flexibility index (Phi) is 5.86. The Morgan fingerprint density at radius 2 is 1.68 bits per heavy atom. The van der Waals surface area contributed by atoms with Gasteiger partial charge in [0.2, 0.25) is 10.0 Å². The summed E-state index contributed by atoms with van der Waals surface area (Å²) < 4.78 is 53.8. The maximum atomic E-state index is 14.2. The molecule has 2 aromatic carbocycles. The van der Waals surface area contributed by atoms with Crippen LogP contribution in [0.25, 0.3) is 0 Å². The van der Waals surface area contributed by atoms with Gasteiger partial charge < -0.3 is 5.32 Å². The van der Waals surface area contributed by atoms with E-state index >= 15 is 0 Å². The summed E-state index contributed by atoms with van der Waals surface area (Å²) in [6.45, 7) is 3.87. The van der Waals surface area contributed by atoms with Crippen LogP contribution < -0.4 is 5.32 Å². The van der Waals surface area contributed by atoms with Crippen molar-refractivity contribution >= 4 is 21.6 Å². The Balaban J connectivity index is 2.29. The molecule has 1 amide bonds. The van der Waals surface area contributed by atoms with Gasteiger partial charge in [0.05, 0.1) is 16.1 Å². The van der Waals surface area contributed by atoms with Crippen LogP contribution in [0.15, 0.2) is 47.4 Å². The number of sulfonamides is 1. The van der Waals surface area contributed by atoms with E-state index in [1.807, 2.05) is 0 Å². The second-order valence-corrected chi connectivity index (χ2v) is 7.10. The van der Waals surface area contributed by atoms with Crippen molar-refractivity contribution in [2.24, 2.45) is 0 Å². The summed E-state index contributed by atoms with van der Waals surface area (Å²) in [5.74, 6) is -2.48. The third-order valence-electron chi connectivity index (χ3n) is 3.65. The molecule has 0 heterocycles. The van der Waals surface area contributed by atoms with Crippen molar-refractivity contribution in [3.8, 4) is 0 Å². The van der Waals surface area contributed by atoms with Crippen molar-refractivity contribution in [2.75, 3.05) is 18.4 Å². The van der Waals surface area contributed by atoms with Gasteiger partial charge in [0.1, 0.15) is 11.6 Å². The zero-order valence-electron chi connectivity index (χ0n) is 13.8. The molecular formula is C17H18F2N2O3S. The minimum absolute atomic E-state index is 0.211. The minimum Gasteiger partial charge on any atom is -0.319 e. The number of halogens is 2. The van der Waals surface area contributed by atoms with Gasteiger partial charge in [0.15, 0.2) is 0 Å². The number of nitrogens with zero attached hydrogens (tertiary/aromatic N) is 1. The summed E-state index contributed by atoms with van der Waals surface area (Å²) in [6.07, 6.45) is 0. The Morgan fingerprint density at radius 3 is 2.24 bits per heavy atom. The molecule has 0 fully saturated rings. The molecule has 134 valence electrons. The minimum atomic E-state index is -3.81. The molecule has 5 nitrogen and oxygen atoms in total. The number of carbonyl (C=O) groups excluding carboxylic acids is 1. The fourth-order valence-corrected chi connectivity index (χ4v) is 3.78. The number of amides is 1. The van der Waals surface area contributed by atoms with Gasteiger partial charge in [-0.2, -0.15) is 4.31 Å². The van der Waals surface area contributed by atoms with Crippen LogP contribution in [0.2, 0.25) is 0 Å². The summed E-state index contributed by atoms with van der Waals surface area (Å²) in [7, 11) is -3.81. The van der Waals surface area contributed by atoms with Gasteiger partial charge in [0, 0.05) is 13.1 Å². The van der Waals surface area contributed by atoms with E-state index < -0.39 is 27.6 Å².